The Morgan fingerprint density at radius 1 is 1.11 bits per heavy atom. The van der Waals surface area contributed by atoms with Crippen molar-refractivity contribution in [3.05, 3.63) is 48.5 Å². The number of sulfone groups is 1. The summed E-state index contributed by atoms with van der Waals surface area (Å²) < 4.78 is 35.4. The minimum atomic E-state index is -3.27. The maximum Gasteiger partial charge on any atom is 0.195 e. The normalized spacial score (nSPS) is 11.8. The molecule has 0 heterocycles. The predicted octanol–water partition coefficient (Wildman–Crippen LogP) is 2.95. The summed E-state index contributed by atoms with van der Waals surface area (Å²) in [5.41, 5.74) is 0.783. The monoisotopic (exact) mass is 405 g/mol. The van der Waals surface area contributed by atoms with E-state index in [1.165, 1.54) is 0 Å². The highest BCUT2D eigenvalue weighted by atomic mass is 32.2. The Balaban J connectivity index is 1.88. The number of methoxy groups -OCH3 is 1. The van der Waals surface area contributed by atoms with Gasteiger partial charge in [-0.25, -0.2) is 8.42 Å². The quantitative estimate of drug-likeness (QED) is 0.379. The van der Waals surface area contributed by atoms with Crippen LogP contribution in [0.4, 0.5) is 5.69 Å². The van der Waals surface area contributed by atoms with E-state index in [-0.39, 0.29) is 5.75 Å². The second-order valence-electron chi connectivity index (χ2n) is 5.91. The van der Waals surface area contributed by atoms with Crippen molar-refractivity contribution in [3.8, 4) is 11.5 Å². The zero-order valence-electron chi connectivity index (χ0n) is 16.4. The molecule has 0 atom stereocenters. The number of hydrogen-bond acceptors (Lipinski definition) is 5. The van der Waals surface area contributed by atoms with Crippen LogP contribution in [0.25, 0.3) is 0 Å². The Morgan fingerprint density at radius 2 is 1.86 bits per heavy atom. The van der Waals surface area contributed by atoms with Gasteiger partial charge in [-0.15, -0.1) is 0 Å². The molecule has 2 aromatic rings. The van der Waals surface area contributed by atoms with Crippen molar-refractivity contribution in [3.63, 3.8) is 0 Å². The lowest BCUT2D eigenvalue weighted by molar-refractivity contribution is 0.311. The highest BCUT2D eigenvalue weighted by molar-refractivity contribution is 7.91. The van der Waals surface area contributed by atoms with E-state index in [1.54, 1.807) is 44.5 Å². The molecule has 2 rings (SSSR count). The van der Waals surface area contributed by atoms with Gasteiger partial charge in [-0.2, -0.15) is 0 Å². The van der Waals surface area contributed by atoms with E-state index >= 15 is 0 Å². The number of rotatable bonds is 9. The van der Waals surface area contributed by atoms with Gasteiger partial charge in [-0.3, -0.25) is 4.99 Å². The SMILES string of the molecule is CCOc1ccc(NC(=NC)NCCCS(=O)(=O)c2ccccc2)cc1OC. The Kier molecular flexibility index (Phi) is 8.13. The lowest BCUT2D eigenvalue weighted by Gasteiger charge is -2.14. The fraction of sp³-hybridized carbons (Fsp3) is 0.350. The minimum absolute atomic E-state index is 0.0673. The third-order valence-corrected chi connectivity index (χ3v) is 5.75. The van der Waals surface area contributed by atoms with Crippen LogP contribution in [0.5, 0.6) is 11.5 Å². The highest BCUT2D eigenvalue weighted by Gasteiger charge is 2.13. The number of nitrogens with zero attached hydrogens (tertiary/aromatic N) is 1. The molecule has 0 aliphatic heterocycles. The molecular weight excluding hydrogens is 378 g/mol. The van der Waals surface area contributed by atoms with Gasteiger partial charge in [-0.05, 0) is 37.6 Å². The molecule has 0 saturated heterocycles. The number of ether oxygens (including phenoxy) is 2. The molecule has 2 aromatic carbocycles. The van der Waals surface area contributed by atoms with Crippen LogP contribution in [0.1, 0.15) is 13.3 Å². The van der Waals surface area contributed by atoms with Crippen molar-refractivity contribution < 1.29 is 17.9 Å². The molecule has 0 amide bonds. The standard InChI is InChI=1S/C20H27N3O4S/c1-4-27-18-12-11-16(15-19(18)26-3)23-20(21-2)22-13-8-14-28(24,25)17-9-6-5-7-10-17/h5-7,9-12,15H,4,8,13-14H2,1-3H3,(H2,21,22,23). The molecule has 0 fully saturated rings. The van der Waals surface area contributed by atoms with Crippen LogP contribution in [0.3, 0.4) is 0 Å². The van der Waals surface area contributed by atoms with Crippen molar-refractivity contribution in [2.45, 2.75) is 18.2 Å². The van der Waals surface area contributed by atoms with Crippen molar-refractivity contribution >= 4 is 21.5 Å². The molecule has 28 heavy (non-hydrogen) atoms. The highest BCUT2D eigenvalue weighted by Crippen LogP contribution is 2.30. The maximum atomic E-state index is 12.3. The van der Waals surface area contributed by atoms with Gasteiger partial charge in [0.05, 0.1) is 24.4 Å². The van der Waals surface area contributed by atoms with Gasteiger partial charge in [0.25, 0.3) is 0 Å². The molecule has 8 heteroatoms. The topological polar surface area (TPSA) is 89.0 Å². The molecule has 0 aliphatic rings. The lowest BCUT2D eigenvalue weighted by atomic mass is 10.2. The van der Waals surface area contributed by atoms with Crippen LogP contribution >= 0.6 is 0 Å². The average Bonchev–Trinajstić information content (AvgIpc) is 2.72. The van der Waals surface area contributed by atoms with Gasteiger partial charge in [0, 0.05) is 25.3 Å². The van der Waals surface area contributed by atoms with E-state index in [0.29, 0.717) is 41.9 Å². The van der Waals surface area contributed by atoms with E-state index in [4.69, 9.17) is 9.47 Å². The maximum absolute atomic E-state index is 12.3. The lowest BCUT2D eigenvalue weighted by Crippen LogP contribution is -2.32. The van der Waals surface area contributed by atoms with E-state index in [9.17, 15) is 8.42 Å². The molecule has 0 bridgehead atoms. The first-order chi connectivity index (χ1) is 13.5. The fourth-order valence-electron chi connectivity index (χ4n) is 2.55. The first-order valence-electron chi connectivity index (χ1n) is 9.06. The van der Waals surface area contributed by atoms with Crippen LogP contribution in [-0.2, 0) is 9.84 Å². The third-order valence-electron chi connectivity index (χ3n) is 3.93. The van der Waals surface area contributed by atoms with E-state index in [0.717, 1.165) is 5.69 Å². The van der Waals surface area contributed by atoms with Gasteiger partial charge >= 0.3 is 0 Å². The van der Waals surface area contributed by atoms with E-state index in [1.807, 2.05) is 25.1 Å². The van der Waals surface area contributed by atoms with Crippen molar-refractivity contribution in [2.24, 2.45) is 4.99 Å². The number of anilines is 1. The summed E-state index contributed by atoms with van der Waals surface area (Å²) in [6.45, 7) is 2.94. The number of benzene rings is 2. The molecule has 0 saturated carbocycles. The summed E-state index contributed by atoms with van der Waals surface area (Å²) in [5, 5.41) is 6.28. The molecule has 0 radical (unpaired) electrons. The van der Waals surface area contributed by atoms with Crippen LogP contribution in [0.15, 0.2) is 58.4 Å². The minimum Gasteiger partial charge on any atom is -0.493 e. The van der Waals surface area contributed by atoms with Gasteiger partial charge in [0.1, 0.15) is 0 Å². The molecule has 0 unspecified atom stereocenters. The summed E-state index contributed by atoms with van der Waals surface area (Å²) in [6, 6.07) is 14.0. The van der Waals surface area contributed by atoms with Crippen molar-refractivity contribution in [2.75, 3.05) is 38.4 Å². The van der Waals surface area contributed by atoms with Gasteiger partial charge in [-0.1, -0.05) is 18.2 Å². The van der Waals surface area contributed by atoms with Gasteiger partial charge in [0.2, 0.25) is 0 Å². The molecular formula is C20H27N3O4S. The smallest absolute Gasteiger partial charge is 0.195 e. The van der Waals surface area contributed by atoms with Crippen LogP contribution in [-0.4, -0.2) is 47.4 Å². The molecule has 7 nitrogen and oxygen atoms in total. The number of hydrogen-bond donors (Lipinski definition) is 2. The second kappa shape index (κ2) is 10.6. The van der Waals surface area contributed by atoms with Crippen LogP contribution in [0, 0.1) is 0 Å². The van der Waals surface area contributed by atoms with E-state index < -0.39 is 9.84 Å². The molecule has 0 spiro atoms. The number of guanidine groups is 1. The molecule has 152 valence electrons. The van der Waals surface area contributed by atoms with E-state index in [2.05, 4.69) is 15.6 Å². The predicted molar refractivity (Wildman–Crippen MR) is 112 cm³/mol. The first-order valence-corrected chi connectivity index (χ1v) is 10.7. The van der Waals surface area contributed by atoms with Crippen LogP contribution < -0.4 is 20.1 Å². The zero-order chi connectivity index (χ0) is 20.4. The average molecular weight is 406 g/mol. The van der Waals surface area contributed by atoms with Crippen molar-refractivity contribution in [1.29, 1.82) is 0 Å². The molecule has 2 N–H and O–H groups in total. The summed E-state index contributed by atoms with van der Waals surface area (Å²) >= 11 is 0. The van der Waals surface area contributed by atoms with Gasteiger partial charge in [0.15, 0.2) is 27.3 Å². The Hall–Kier alpha value is -2.74. The summed E-state index contributed by atoms with van der Waals surface area (Å²) in [5.74, 6) is 1.90. The third kappa shape index (κ3) is 6.16. The number of aliphatic imine (C=N–C) groups is 1. The van der Waals surface area contributed by atoms with Crippen molar-refractivity contribution in [1.82, 2.24) is 5.32 Å². The zero-order valence-corrected chi connectivity index (χ0v) is 17.3. The summed E-state index contributed by atoms with van der Waals surface area (Å²) in [4.78, 5) is 4.51. The second-order valence-corrected chi connectivity index (χ2v) is 8.02. The van der Waals surface area contributed by atoms with Crippen LogP contribution in [0.2, 0.25) is 0 Å². The fourth-order valence-corrected chi connectivity index (χ4v) is 3.88. The summed E-state index contributed by atoms with van der Waals surface area (Å²) in [7, 11) is -0.0340. The Morgan fingerprint density at radius 3 is 2.50 bits per heavy atom. The Bertz CT molecular complexity index is 884. The largest absolute Gasteiger partial charge is 0.493 e. The van der Waals surface area contributed by atoms with Gasteiger partial charge < -0.3 is 20.1 Å². The first kappa shape index (κ1) is 21.6. The Labute approximate surface area is 166 Å². The molecule has 0 aliphatic carbocycles. The molecule has 0 aromatic heterocycles. The summed E-state index contributed by atoms with van der Waals surface area (Å²) in [6.07, 6.45) is 0.463. The number of nitrogens with one attached hydrogen (secondary N) is 2.